The Labute approximate surface area is 145 Å². The zero-order chi connectivity index (χ0) is 17.9. The van der Waals surface area contributed by atoms with Gasteiger partial charge in [0, 0.05) is 24.3 Å². The molecule has 0 aliphatic rings. The molecule has 0 saturated heterocycles. The summed E-state index contributed by atoms with van der Waals surface area (Å²) >= 11 is 0. The number of benzene rings is 1. The molecule has 1 unspecified atom stereocenters. The van der Waals surface area contributed by atoms with Crippen LogP contribution in [0.3, 0.4) is 0 Å². The third kappa shape index (κ3) is 6.60. The lowest BCUT2D eigenvalue weighted by Gasteiger charge is -2.16. The van der Waals surface area contributed by atoms with Gasteiger partial charge in [-0.3, -0.25) is 4.79 Å². The zero-order valence-corrected chi connectivity index (χ0v) is 15.4. The Morgan fingerprint density at radius 1 is 1.12 bits per heavy atom. The number of amides is 3. The van der Waals surface area contributed by atoms with E-state index < -0.39 is 0 Å². The third-order valence-electron chi connectivity index (χ3n) is 4.18. The predicted molar refractivity (Wildman–Crippen MR) is 99.5 cm³/mol. The molecule has 0 aliphatic heterocycles. The topological polar surface area (TPSA) is 70.2 Å². The molecule has 3 N–H and O–H groups in total. The number of anilines is 1. The van der Waals surface area contributed by atoms with Gasteiger partial charge >= 0.3 is 6.03 Å². The maximum Gasteiger partial charge on any atom is 0.319 e. The Morgan fingerprint density at radius 3 is 2.50 bits per heavy atom. The molecule has 134 valence electrons. The molecule has 0 radical (unpaired) electrons. The minimum atomic E-state index is -0.221. The average Bonchev–Trinajstić information content (AvgIpc) is 2.57. The van der Waals surface area contributed by atoms with E-state index in [1.165, 1.54) is 12.8 Å². The van der Waals surface area contributed by atoms with Gasteiger partial charge in [0.25, 0.3) is 5.91 Å². The lowest BCUT2D eigenvalue weighted by Crippen LogP contribution is -2.33. The van der Waals surface area contributed by atoms with Crippen molar-refractivity contribution >= 4 is 17.6 Å². The number of rotatable bonds is 9. The summed E-state index contributed by atoms with van der Waals surface area (Å²) in [4.78, 5) is 24.1. The molecule has 3 amide bonds. The molecular weight excluding hydrogens is 302 g/mol. The molecule has 5 heteroatoms. The Hall–Kier alpha value is -2.04. The highest BCUT2D eigenvalue weighted by Gasteiger charge is 2.11. The summed E-state index contributed by atoms with van der Waals surface area (Å²) in [6.07, 6.45) is 4.56. The van der Waals surface area contributed by atoms with Gasteiger partial charge in [-0.2, -0.15) is 0 Å². The first kappa shape index (κ1) is 20.0. The van der Waals surface area contributed by atoms with Crippen LogP contribution in [0, 0.1) is 12.8 Å². The number of hydrogen-bond acceptors (Lipinski definition) is 2. The number of hydrogen-bond donors (Lipinski definition) is 3. The monoisotopic (exact) mass is 333 g/mol. The number of aryl methyl sites for hydroxylation is 1. The first-order valence-electron chi connectivity index (χ1n) is 8.95. The molecular formula is C19H31N3O2. The van der Waals surface area contributed by atoms with Crippen LogP contribution in [-0.4, -0.2) is 25.0 Å². The molecule has 0 bridgehead atoms. The van der Waals surface area contributed by atoms with Crippen LogP contribution in [0.5, 0.6) is 0 Å². The van der Waals surface area contributed by atoms with Gasteiger partial charge in [0.05, 0.1) is 0 Å². The van der Waals surface area contributed by atoms with Crippen molar-refractivity contribution in [3.05, 3.63) is 29.3 Å². The molecule has 1 rings (SSSR count). The van der Waals surface area contributed by atoms with E-state index in [1.807, 2.05) is 19.9 Å². The maximum atomic E-state index is 12.1. The molecule has 5 nitrogen and oxygen atoms in total. The first-order valence-corrected chi connectivity index (χ1v) is 8.95. The molecule has 0 fully saturated rings. The van der Waals surface area contributed by atoms with E-state index in [1.54, 1.807) is 12.1 Å². The fraction of sp³-hybridized carbons (Fsp3) is 0.579. The van der Waals surface area contributed by atoms with Crippen LogP contribution in [0.15, 0.2) is 18.2 Å². The van der Waals surface area contributed by atoms with Crippen molar-refractivity contribution < 1.29 is 9.59 Å². The molecule has 0 saturated carbocycles. The second-order valence-corrected chi connectivity index (χ2v) is 6.14. The van der Waals surface area contributed by atoms with Crippen molar-refractivity contribution in [1.29, 1.82) is 0 Å². The van der Waals surface area contributed by atoms with Crippen LogP contribution >= 0.6 is 0 Å². The summed E-state index contributed by atoms with van der Waals surface area (Å²) < 4.78 is 0. The lowest BCUT2D eigenvalue weighted by atomic mass is 9.99. The van der Waals surface area contributed by atoms with E-state index >= 15 is 0 Å². The highest BCUT2D eigenvalue weighted by atomic mass is 16.2. The molecule has 0 heterocycles. The van der Waals surface area contributed by atoms with Crippen molar-refractivity contribution in [2.24, 2.45) is 5.92 Å². The van der Waals surface area contributed by atoms with E-state index in [4.69, 9.17) is 0 Å². The van der Waals surface area contributed by atoms with Crippen molar-refractivity contribution in [3.8, 4) is 0 Å². The maximum absolute atomic E-state index is 12.1. The van der Waals surface area contributed by atoms with Gasteiger partial charge in [0.15, 0.2) is 0 Å². The Kier molecular flexibility index (Phi) is 8.90. The van der Waals surface area contributed by atoms with Crippen LogP contribution in [-0.2, 0) is 0 Å². The van der Waals surface area contributed by atoms with Crippen molar-refractivity contribution in [1.82, 2.24) is 10.6 Å². The summed E-state index contributed by atoms with van der Waals surface area (Å²) in [7, 11) is 0. The Balaban J connectivity index is 2.62. The van der Waals surface area contributed by atoms with Crippen LogP contribution < -0.4 is 16.0 Å². The van der Waals surface area contributed by atoms with Gasteiger partial charge in [-0.1, -0.05) is 39.2 Å². The largest absolute Gasteiger partial charge is 0.352 e. The lowest BCUT2D eigenvalue weighted by molar-refractivity contribution is 0.0956. The summed E-state index contributed by atoms with van der Waals surface area (Å²) in [5.41, 5.74) is 2.14. The highest BCUT2D eigenvalue weighted by molar-refractivity contribution is 5.97. The number of carbonyl (C=O) groups excluding carboxylic acids is 2. The number of nitrogens with one attached hydrogen (secondary N) is 3. The second kappa shape index (κ2) is 10.7. The standard InChI is InChI=1S/C19H31N3O2/c1-5-8-9-15(6-2)13-21-19(24)22-17-12-16(11-10-14(17)4)18(23)20-7-3/h10-12,15H,5-9,13H2,1-4H3,(H,20,23)(H2,21,22,24). The normalized spacial score (nSPS) is 11.7. The number of unbranched alkanes of at least 4 members (excludes halogenated alkanes) is 1. The fourth-order valence-electron chi connectivity index (χ4n) is 2.51. The van der Waals surface area contributed by atoms with Crippen molar-refractivity contribution in [3.63, 3.8) is 0 Å². The van der Waals surface area contributed by atoms with Gasteiger partial charge in [-0.05, 0) is 43.9 Å². The van der Waals surface area contributed by atoms with Gasteiger partial charge in [-0.15, -0.1) is 0 Å². The summed E-state index contributed by atoms with van der Waals surface area (Å²) in [6.45, 7) is 9.37. The molecule has 1 atom stereocenters. The predicted octanol–water partition coefficient (Wildman–Crippen LogP) is 4.08. The van der Waals surface area contributed by atoms with Gasteiger partial charge in [0.2, 0.25) is 0 Å². The van der Waals surface area contributed by atoms with Gasteiger partial charge in [0.1, 0.15) is 0 Å². The molecule has 0 aliphatic carbocycles. The van der Waals surface area contributed by atoms with Crippen molar-refractivity contribution in [2.45, 2.75) is 53.4 Å². The SMILES string of the molecule is CCCCC(CC)CNC(=O)Nc1cc(C(=O)NCC)ccc1C. The third-order valence-corrected chi connectivity index (χ3v) is 4.18. The smallest absolute Gasteiger partial charge is 0.319 e. The molecule has 1 aromatic rings. The summed E-state index contributed by atoms with van der Waals surface area (Å²) in [6, 6.07) is 5.10. The first-order chi connectivity index (χ1) is 11.5. The van der Waals surface area contributed by atoms with E-state index in [0.717, 1.165) is 18.4 Å². The van der Waals surface area contributed by atoms with E-state index in [2.05, 4.69) is 29.8 Å². The quantitative estimate of drug-likeness (QED) is 0.637. The van der Waals surface area contributed by atoms with E-state index in [9.17, 15) is 9.59 Å². The molecule has 24 heavy (non-hydrogen) atoms. The van der Waals surface area contributed by atoms with Gasteiger partial charge in [-0.25, -0.2) is 4.79 Å². The second-order valence-electron chi connectivity index (χ2n) is 6.14. The van der Waals surface area contributed by atoms with Crippen LogP contribution in [0.2, 0.25) is 0 Å². The highest BCUT2D eigenvalue weighted by Crippen LogP contribution is 2.17. The molecule has 0 aromatic heterocycles. The Bertz CT molecular complexity index is 543. The number of urea groups is 1. The van der Waals surface area contributed by atoms with Crippen LogP contribution in [0.1, 0.15) is 62.4 Å². The van der Waals surface area contributed by atoms with Gasteiger partial charge < -0.3 is 16.0 Å². The van der Waals surface area contributed by atoms with E-state index in [0.29, 0.717) is 30.3 Å². The van der Waals surface area contributed by atoms with Crippen LogP contribution in [0.25, 0.3) is 0 Å². The van der Waals surface area contributed by atoms with Crippen molar-refractivity contribution in [2.75, 3.05) is 18.4 Å². The summed E-state index contributed by atoms with van der Waals surface area (Å²) in [5.74, 6) is 0.380. The van der Waals surface area contributed by atoms with Crippen LogP contribution in [0.4, 0.5) is 10.5 Å². The fourth-order valence-corrected chi connectivity index (χ4v) is 2.51. The average molecular weight is 333 g/mol. The molecule has 1 aromatic carbocycles. The summed E-state index contributed by atoms with van der Waals surface area (Å²) in [5, 5.41) is 8.56. The number of carbonyl (C=O) groups is 2. The minimum absolute atomic E-state index is 0.133. The minimum Gasteiger partial charge on any atom is -0.352 e. The Morgan fingerprint density at radius 2 is 1.88 bits per heavy atom. The molecule has 0 spiro atoms. The van der Waals surface area contributed by atoms with E-state index in [-0.39, 0.29) is 11.9 Å². The zero-order valence-electron chi connectivity index (χ0n) is 15.4.